The van der Waals surface area contributed by atoms with Gasteiger partial charge in [0, 0.05) is 25.5 Å². The molecule has 1 fully saturated rings. The number of rotatable bonds is 5. The van der Waals surface area contributed by atoms with Gasteiger partial charge >= 0.3 is 0 Å². The minimum Gasteiger partial charge on any atom is -0.368 e. The second kappa shape index (κ2) is 6.78. The zero-order chi connectivity index (χ0) is 12.8. The van der Waals surface area contributed by atoms with Crippen molar-refractivity contribution in [3.05, 3.63) is 23.8 Å². The van der Waals surface area contributed by atoms with Crippen LogP contribution in [0.1, 0.15) is 30.8 Å². The maximum Gasteiger partial charge on any atom is 0.158 e. The Bertz CT molecular complexity index is 353. The fourth-order valence-corrected chi connectivity index (χ4v) is 2.20. The van der Waals surface area contributed by atoms with Gasteiger partial charge in [0.1, 0.15) is 6.10 Å². The van der Waals surface area contributed by atoms with E-state index in [9.17, 15) is 0 Å². The minimum atomic E-state index is 0.0113. The van der Waals surface area contributed by atoms with Crippen LogP contribution in [0, 0.1) is 0 Å². The third-order valence-electron chi connectivity index (χ3n) is 3.14. The fourth-order valence-electron chi connectivity index (χ4n) is 2.20. The van der Waals surface area contributed by atoms with E-state index in [1.807, 2.05) is 12.4 Å². The molecule has 5 heteroatoms. The molecule has 1 aromatic heterocycles. The van der Waals surface area contributed by atoms with Crippen LogP contribution >= 0.6 is 0 Å². The van der Waals surface area contributed by atoms with Crippen molar-refractivity contribution in [3.8, 4) is 0 Å². The van der Waals surface area contributed by atoms with Gasteiger partial charge in [0.05, 0.1) is 6.61 Å². The number of nitrogens with two attached hydrogens (primary N) is 1. The van der Waals surface area contributed by atoms with Crippen molar-refractivity contribution in [2.24, 2.45) is 5.73 Å². The molecule has 1 aliphatic rings. The van der Waals surface area contributed by atoms with Crippen LogP contribution in [0.25, 0.3) is 0 Å². The monoisotopic (exact) mass is 250 g/mol. The summed E-state index contributed by atoms with van der Waals surface area (Å²) in [6.45, 7) is 6.61. The van der Waals surface area contributed by atoms with Crippen LogP contribution < -0.4 is 5.73 Å². The average molecular weight is 250 g/mol. The minimum absolute atomic E-state index is 0.0113. The van der Waals surface area contributed by atoms with Crippen LogP contribution in [0.5, 0.6) is 0 Å². The van der Waals surface area contributed by atoms with Crippen LogP contribution in [0.4, 0.5) is 0 Å². The Hall–Kier alpha value is -1.04. The number of hydrogen-bond acceptors (Lipinski definition) is 5. The molecule has 1 unspecified atom stereocenters. The van der Waals surface area contributed by atoms with Crippen molar-refractivity contribution in [3.63, 3.8) is 0 Å². The van der Waals surface area contributed by atoms with E-state index in [0.29, 0.717) is 6.54 Å². The van der Waals surface area contributed by atoms with Gasteiger partial charge in [-0.1, -0.05) is 6.92 Å². The summed E-state index contributed by atoms with van der Waals surface area (Å²) in [6, 6.07) is 0. The van der Waals surface area contributed by atoms with E-state index in [1.165, 1.54) is 6.42 Å². The first-order chi connectivity index (χ1) is 8.83. The molecule has 1 aliphatic heterocycles. The topological polar surface area (TPSA) is 64.3 Å². The van der Waals surface area contributed by atoms with E-state index in [2.05, 4.69) is 21.8 Å². The molecule has 0 aromatic carbocycles. The Balaban J connectivity index is 1.97. The second-order valence-corrected chi connectivity index (χ2v) is 4.65. The highest BCUT2D eigenvalue weighted by molar-refractivity contribution is 5.07. The molecule has 1 saturated heterocycles. The molecule has 1 atom stereocenters. The quantitative estimate of drug-likeness (QED) is 0.836. The largest absolute Gasteiger partial charge is 0.368 e. The maximum absolute atomic E-state index is 5.75. The number of morpholine rings is 1. The fraction of sp³-hybridized carbons (Fsp3) is 0.692. The summed E-state index contributed by atoms with van der Waals surface area (Å²) >= 11 is 0. The Morgan fingerprint density at radius 3 is 2.89 bits per heavy atom. The first-order valence-corrected chi connectivity index (χ1v) is 6.68. The Morgan fingerprint density at radius 2 is 2.22 bits per heavy atom. The molecule has 0 aliphatic carbocycles. The number of ether oxygens (including phenoxy) is 1. The van der Waals surface area contributed by atoms with Crippen molar-refractivity contribution < 1.29 is 4.74 Å². The summed E-state index contributed by atoms with van der Waals surface area (Å²) in [4.78, 5) is 11.2. The highest BCUT2D eigenvalue weighted by atomic mass is 16.5. The van der Waals surface area contributed by atoms with Gasteiger partial charge in [0.25, 0.3) is 0 Å². The molecule has 0 saturated carbocycles. The van der Waals surface area contributed by atoms with E-state index in [4.69, 9.17) is 10.5 Å². The molecular formula is C13H22N4O. The SMILES string of the molecule is CCCN1CCOC(c2ncc(CCN)cn2)C1. The maximum atomic E-state index is 5.75. The van der Waals surface area contributed by atoms with Crippen LogP contribution in [0.3, 0.4) is 0 Å². The molecule has 2 N–H and O–H groups in total. The first kappa shape index (κ1) is 13.4. The normalized spacial score (nSPS) is 21.1. The van der Waals surface area contributed by atoms with Gasteiger partial charge in [-0.2, -0.15) is 0 Å². The van der Waals surface area contributed by atoms with Crippen molar-refractivity contribution in [1.82, 2.24) is 14.9 Å². The first-order valence-electron chi connectivity index (χ1n) is 6.68. The summed E-state index contributed by atoms with van der Waals surface area (Å²) in [6.07, 6.45) is 5.73. The number of aromatic nitrogens is 2. The lowest BCUT2D eigenvalue weighted by Crippen LogP contribution is -2.39. The molecule has 0 radical (unpaired) electrons. The molecule has 0 amide bonds. The van der Waals surface area contributed by atoms with Crippen molar-refractivity contribution in [1.29, 1.82) is 0 Å². The van der Waals surface area contributed by atoms with Crippen LogP contribution in [-0.2, 0) is 11.2 Å². The lowest BCUT2D eigenvalue weighted by molar-refractivity contribution is -0.0342. The zero-order valence-electron chi connectivity index (χ0n) is 11.0. The van der Waals surface area contributed by atoms with E-state index in [1.54, 1.807) is 0 Å². The van der Waals surface area contributed by atoms with Crippen LogP contribution in [0.2, 0.25) is 0 Å². The highest BCUT2D eigenvalue weighted by Crippen LogP contribution is 2.18. The van der Waals surface area contributed by atoms with Gasteiger partial charge in [-0.3, -0.25) is 4.90 Å². The molecule has 0 bridgehead atoms. The Morgan fingerprint density at radius 1 is 1.44 bits per heavy atom. The summed E-state index contributed by atoms with van der Waals surface area (Å²) < 4.78 is 5.75. The third-order valence-corrected chi connectivity index (χ3v) is 3.14. The number of hydrogen-bond donors (Lipinski definition) is 1. The zero-order valence-corrected chi connectivity index (χ0v) is 11.0. The van der Waals surface area contributed by atoms with Crippen molar-refractivity contribution in [2.45, 2.75) is 25.9 Å². The third kappa shape index (κ3) is 3.48. The predicted octanol–water partition coefficient (Wildman–Crippen LogP) is 0.761. The Kier molecular flexibility index (Phi) is 5.04. The van der Waals surface area contributed by atoms with Gasteiger partial charge in [-0.05, 0) is 31.5 Å². The summed E-state index contributed by atoms with van der Waals surface area (Å²) in [5, 5.41) is 0. The van der Waals surface area contributed by atoms with Crippen LogP contribution in [0.15, 0.2) is 12.4 Å². The van der Waals surface area contributed by atoms with Gasteiger partial charge < -0.3 is 10.5 Å². The molecule has 1 aromatic rings. The number of nitrogens with zero attached hydrogens (tertiary/aromatic N) is 3. The molecular weight excluding hydrogens is 228 g/mol. The van der Waals surface area contributed by atoms with Crippen molar-refractivity contribution >= 4 is 0 Å². The second-order valence-electron chi connectivity index (χ2n) is 4.65. The summed E-state index contributed by atoms with van der Waals surface area (Å²) in [5.41, 5.74) is 6.59. The van der Waals surface area contributed by atoms with E-state index >= 15 is 0 Å². The van der Waals surface area contributed by atoms with Gasteiger partial charge in [0.15, 0.2) is 5.82 Å². The standard InChI is InChI=1S/C13H22N4O/c1-2-5-17-6-7-18-12(10-17)13-15-8-11(3-4-14)9-16-13/h8-9,12H,2-7,10,14H2,1H3. The summed E-state index contributed by atoms with van der Waals surface area (Å²) in [7, 11) is 0. The average Bonchev–Trinajstić information content (AvgIpc) is 2.41. The molecule has 5 nitrogen and oxygen atoms in total. The molecule has 2 heterocycles. The van der Waals surface area contributed by atoms with E-state index in [-0.39, 0.29) is 6.10 Å². The highest BCUT2D eigenvalue weighted by Gasteiger charge is 2.23. The van der Waals surface area contributed by atoms with Gasteiger partial charge in [0.2, 0.25) is 0 Å². The Labute approximate surface area is 108 Å². The molecule has 0 spiro atoms. The lowest BCUT2D eigenvalue weighted by atomic mass is 10.2. The van der Waals surface area contributed by atoms with Crippen LogP contribution in [-0.4, -0.2) is 47.7 Å². The smallest absolute Gasteiger partial charge is 0.158 e. The van der Waals surface area contributed by atoms with Gasteiger partial charge in [-0.25, -0.2) is 9.97 Å². The van der Waals surface area contributed by atoms with E-state index in [0.717, 1.165) is 44.0 Å². The summed E-state index contributed by atoms with van der Waals surface area (Å²) in [5.74, 6) is 0.788. The van der Waals surface area contributed by atoms with E-state index < -0.39 is 0 Å². The predicted molar refractivity (Wildman–Crippen MR) is 70.2 cm³/mol. The molecule has 2 rings (SSSR count). The van der Waals surface area contributed by atoms with Crippen molar-refractivity contribution in [2.75, 3.05) is 32.8 Å². The molecule has 18 heavy (non-hydrogen) atoms. The lowest BCUT2D eigenvalue weighted by Gasteiger charge is -2.31. The van der Waals surface area contributed by atoms with Gasteiger partial charge in [-0.15, -0.1) is 0 Å². The molecule has 100 valence electrons.